The summed E-state index contributed by atoms with van der Waals surface area (Å²) in [5.74, 6) is -1.37. The second-order valence-corrected chi connectivity index (χ2v) is 16.4. The Hall–Kier alpha value is -4.94. The molecular weight excluding hydrogens is 890 g/mol. The third-order valence-electron chi connectivity index (χ3n) is 10.7. The van der Waals surface area contributed by atoms with Crippen molar-refractivity contribution in [3.63, 3.8) is 0 Å². The predicted octanol–water partition coefficient (Wildman–Crippen LogP) is 4.89. The average Bonchev–Trinajstić information content (AvgIpc) is 3.25. The van der Waals surface area contributed by atoms with Gasteiger partial charge in [0, 0.05) is 88.5 Å². The summed E-state index contributed by atoms with van der Waals surface area (Å²) >= 11 is 6.74. The molecule has 2 fully saturated rings. The van der Waals surface area contributed by atoms with Gasteiger partial charge in [-0.25, -0.2) is 9.59 Å². The third-order valence-corrected chi connectivity index (χ3v) is 11.9. The number of benzene rings is 2. The number of hydrogen-bond donors (Lipinski definition) is 6. The Kier molecular flexibility index (Phi) is 16.7. The molecule has 0 unspecified atom stereocenters. The number of halogens is 2. The second-order valence-electron chi connectivity index (χ2n) is 14.7. The Bertz CT molecular complexity index is 1900. The minimum atomic E-state index is -1.03. The molecule has 3 aliphatic heterocycles. The van der Waals surface area contributed by atoms with Crippen LogP contribution in [0.25, 0.3) is 0 Å². The van der Waals surface area contributed by atoms with E-state index in [2.05, 4.69) is 57.7 Å². The number of carbonyl (C=O) groups excluding carboxylic acids is 4. The quantitative estimate of drug-likeness (QED) is 0.128. The van der Waals surface area contributed by atoms with Crippen LogP contribution in [0.4, 0.5) is 21.0 Å². The Morgan fingerprint density at radius 2 is 1.56 bits per heavy atom. The monoisotopic (exact) mass is 941 g/mol. The number of aliphatic carboxylic acids is 1. The fourth-order valence-corrected chi connectivity index (χ4v) is 8.58. The lowest BCUT2D eigenvalue weighted by Gasteiger charge is -2.40. The zero-order valence-electron chi connectivity index (χ0n) is 33.1. The maximum absolute atomic E-state index is 14.2. The number of rotatable bonds is 13. The number of nitrogens with zero attached hydrogens (tertiary/aromatic N) is 5. The van der Waals surface area contributed by atoms with Crippen LogP contribution in [0.1, 0.15) is 56.6 Å². The smallest absolute Gasteiger partial charge is 0.322 e. The molecule has 6 rings (SSSR count). The number of piperazine rings is 1. The van der Waals surface area contributed by atoms with Gasteiger partial charge < -0.3 is 51.5 Å². The van der Waals surface area contributed by atoms with Gasteiger partial charge in [0.2, 0.25) is 11.8 Å². The number of nitrogens with two attached hydrogens (primary N) is 1. The normalized spacial score (nSPS) is 16.5. The maximum atomic E-state index is 14.2. The van der Waals surface area contributed by atoms with Crippen molar-refractivity contribution >= 4 is 73.1 Å². The Balaban J connectivity index is 0.00000125. The van der Waals surface area contributed by atoms with Gasteiger partial charge in [-0.2, -0.15) is 0 Å². The number of anilines is 2. The summed E-state index contributed by atoms with van der Waals surface area (Å²) in [6, 6.07) is 12.6. The lowest BCUT2D eigenvalue weighted by molar-refractivity contribution is -0.137. The number of phenols is 1. The first-order valence-electron chi connectivity index (χ1n) is 19.9. The number of carboxylic acid groups (broad SMARTS) is 1. The van der Waals surface area contributed by atoms with Crippen molar-refractivity contribution in [2.45, 2.75) is 76.5 Å². The van der Waals surface area contributed by atoms with E-state index in [9.17, 15) is 29.1 Å². The molecule has 0 saturated carbocycles. The molecule has 3 aliphatic rings. The molecule has 0 spiro atoms. The van der Waals surface area contributed by atoms with Gasteiger partial charge in [-0.3, -0.25) is 19.4 Å². The second kappa shape index (κ2) is 21.9. The number of aromatic nitrogens is 1. The maximum Gasteiger partial charge on any atom is 0.322 e. The van der Waals surface area contributed by atoms with Crippen LogP contribution in [-0.2, 0) is 27.3 Å². The molecule has 7 N–H and O–H groups in total. The molecule has 2 aromatic carbocycles. The van der Waals surface area contributed by atoms with E-state index in [0.717, 1.165) is 16.9 Å². The van der Waals surface area contributed by atoms with Crippen molar-refractivity contribution in [1.29, 1.82) is 0 Å². The standard InChI is InChI=1S/C38H47Br2N9O5.C3H6O2/c39-29-21-25(22-30(40)34(29)50)23-33(45-37(53)48-15-10-28(11-16-48)49-24-26-5-1-2-6-31(26)44-38(49)54)35(51)43-32(7-3-4-12-41)36(52)47-19-17-46(18-20-47)27-8-13-42-14-9-27;1-2-3(4)5/h1-2,5-6,8-9,13-14,21-22,28,32-33,50H,3-4,7,10-12,15-20,23-24,41H2,(H,43,51)(H,44,54)(H,45,53);2H2,1H3,(H,4,5)/t32-,33+;/m0./s1. The molecule has 6 amide bonds. The number of aromatic hydroxyl groups is 1. The molecule has 4 heterocycles. The summed E-state index contributed by atoms with van der Waals surface area (Å²) in [5, 5.41) is 27.0. The Morgan fingerprint density at radius 3 is 2.19 bits per heavy atom. The fourth-order valence-electron chi connectivity index (χ4n) is 7.30. The van der Waals surface area contributed by atoms with Gasteiger partial charge in [0.1, 0.15) is 17.8 Å². The van der Waals surface area contributed by atoms with Crippen molar-refractivity contribution in [3.05, 3.63) is 81.0 Å². The third kappa shape index (κ3) is 12.5. The summed E-state index contributed by atoms with van der Waals surface area (Å²) < 4.78 is 0.870. The lowest BCUT2D eigenvalue weighted by Crippen LogP contribution is -2.59. The highest BCUT2D eigenvalue weighted by Crippen LogP contribution is 2.34. The number of carbonyl (C=O) groups is 5. The molecule has 2 atom stereocenters. The van der Waals surface area contributed by atoms with Crippen molar-refractivity contribution in [2.75, 3.05) is 56.0 Å². The van der Waals surface area contributed by atoms with Crippen molar-refractivity contribution in [3.8, 4) is 5.75 Å². The topological polar surface area (TPSA) is 214 Å². The van der Waals surface area contributed by atoms with Crippen LogP contribution in [0.15, 0.2) is 69.9 Å². The van der Waals surface area contributed by atoms with Gasteiger partial charge in [-0.1, -0.05) is 25.1 Å². The van der Waals surface area contributed by atoms with Crippen molar-refractivity contribution < 1.29 is 34.2 Å². The number of carboxylic acids is 1. The molecular formula is C41H53Br2N9O7. The number of phenolic OH excluding ortho intramolecular Hbond substituents is 1. The zero-order chi connectivity index (χ0) is 42.5. The fraction of sp³-hybridized carbons (Fsp3) is 0.463. The molecule has 2 saturated heterocycles. The highest BCUT2D eigenvalue weighted by atomic mass is 79.9. The molecule has 0 radical (unpaired) electrons. The van der Waals surface area contributed by atoms with Gasteiger partial charge >= 0.3 is 18.0 Å². The molecule has 0 bridgehead atoms. The Morgan fingerprint density at radius 1 is 0.915 bits per heavy atom. The van der Waals surface area contributed by atoms with Crippen LogP contribution >= 0.6 is 31.9 Å². The van der Waals surface area contributed by atoms with E-state index >= 15 is 0 Å². The summed E-state index contributed by atoms with van der Waals surface area (Å²) in [6.45, 7) is 5.67. The predicted molar refractivity (Wildman–Crippen MR) is 231 cm³/mol. The van der Waals surface area contributed by atoms with E-state index in [4.69, 9.17) is 10.8 Å². The minimum absolute atomic E-state index is 0.0205. The lowest BCUT2D eigenvalue weighted by atomic mass is 10.0. The van der Waals surface area contributed by atoms with Crippen LogP contribution in [0.3, 0.4) is 0 Å². The van der Waals surface area contributed by atoms with Gasteiger partial charge in [0.05, 0.1) is 8.95 Å². The largest absolute Gasteiger partial charge is 0.506 e. The van der Waals surface area contributed by atoms with Crippen LogP contribution in [-0.4, -0.2) is 124 Å². The highest BCUT2D eigenvalue weighted by molar-refractivity contribution is 9.11. The van der Waals surface area contributed by atoms with E-state index < -0.39 is 30.0 Å². The van der Waals surface area contributed by atoms with Gasteiger partial charge in [0.15, 0.2) is 0 Å². The zero-order valence-corrected chi connectivity index (χ0v) is 36.3. The first-order chi connectivity index (χ1) is 28.4. The van der Waals surface area contributed by atoms with Crippen LogP contribution in [0.5, 0.6) is 5.75 Å². The summed E-state index contributed by atoms with van der Waals surface area (Å²) in [5.41, 5.74) is 9.38. The molecule has 16 nitrogen and oxygen atoms in total. The molecule has 3 aromatic rings. The molecule has 18 heteroatoms. The minimum Gasteiger partial charge on any atom is -0.506 e. The number of urea groups is 2. The van der Waals surface area contributed by atoms with E-state index in [1.54, 1.807) is 41.2 Å². The van der Waals surface area contributed by atoms with E-state index in [0.29, 0.717) is 99.0 Å². The SMILES string of the molecule is CCC(=O)O.NCCCC[C@H](NC(=O)[C@@H](Cc1cc(Br)c(O)c(Br)c1)NC(=O)N1CCC(N2Cc3ccccc3NC2=O)CC1)C(=O)N1CCN(c2ccncc2)CC1. The molecule has 0 aliphatic carbocycles. The average molecular weight is 944 g/mol. The van der Waals surface area contributed by atoms with E-state index in [-0.39, 0.29) is 36.6 Å². The number of amides is 6. The number of pyridine rings is 1. The molecule has 1 aromatic heterocycles. The van der Waals surface area contributed by atoms with Crippen molar-refractivity contribution in [1.82, 2.24) is 30.3 Å². The first-order valence-corrected chi connectivity index (χ1v) is 21.5. The summed E-state index contributed by atoms with van der Waals surface area (Å²) in [6.07, 6.45) is 6.75. The number of hydrogen-bond acceptors (Lipinski definition) is 9. The Labute approximate surface area is 361 Å². The molecule has 318 valence electrons. The van der Waals surface area contributed by atoms with Gasteiger partial charge in [0.25, 0.3) is 0 Å². The number of para-hydroxylation sites is 1. The van der Waals surface area contributed by atoms with Crippen molar-refractivity contribution in [2.24, 2.45) is 5.73 Å². The highest BCUT2D eigenvalue weighted by Gasteiger charge is 2.35. The van der Waals surface area contributed by atoms with Gasteiger partial charge in [-0.05, 0) is 112 Å². The first kappa shape index (κ1) is 45.1. The van der Waals surface area contributed by atoms with E-state index in [1.165, 1.54) is 0 Å². The summed E-state index contributed by atoms with van der Waals surface area (Å²) in [7, 11) is 0. The number of unbranched alkanes of at least 4 members (excludes halogenated alkanes) is 1. The van der Waals surface area contributed by atoms with Gasteiger partial charge in [-0.15, -0.1) is 0 Å². The van der Waals surface area contributed by atoms with E-state index in [1.807, 2.05) is 41.3 Å². The number of nitrogens with one attached hydrogen (secondary N) is 3. The van der Waals surface area contributed by atoms with Crippen LogP contribution in [0, 0.1) is 0 Å². The number of piperidine rings is 1. The number of fused-ring (bicyclic) bond motifs is 1. The summed E-state index contributed by atoms with van der Waals surface area (Å²) in [4.78, 5) is 75.9. The molecule has 59 heavy (non-hydrogen) atoms. The number of likely N-dealkylation sites (tertiary alicyclic amines) is 1. The van der Waals surface area contributed by atoms with Crippen LogP contribution < -0.4 is 26.6 Å². The van der Waals surface area contributed by atoms with Crippen LogP contribution in [0.2, 0.25) is 0 Å².